The molecule has 0 N–H and O–H groups in total. The third-order valence-corrected chi connectivity index (χ3v) is 3.92. The second kappa shape index (κ2) is 5.12. The summed E-state index contributed by atoms with van der Waals surface area (Å²) >= 11 is 1.89. The average Bonchev–Trinajstić information content (AvgIpc) is 2.33. The summed E-state index contributed by atoms with van der Waals surface area (Å²) in [7, 11) is 0. The molecule has 1 aliphatic rings. The van der Waals surface area contributed by atoms with Gasteiger partial charge in [-0.1, -0.05) is 6.07 Å². The standard InChI is InChI=1S/C12H13FINO/c13-10-6-4-5-9(11(10)14)12(16)15-7-2-1-3-8-15/h4-6H,1-3,7-8H2. The number of hydrogen-bond acceptors (Lipinski definition) is 1. The number of carbonyl (C=O) groups is 1. The van der Waals surface area contributed by atoms with Crippen molar-refractivity contribution in [3.63, 3.8) is 0 Å². The van der Waals surface area contributed by atoms with E-state index in [0.29, 0.717) is 9.13 Å². The summed E-state index contributed by atoms with van der Waals surface area (Å²) in [5.41, 5.74) is 0.488. The van der Waals surface area contributed by atoms with Crippen LogP contribution < -0.4 is 0 Å². The monoisotopic (exact) mass is 333 g/mol. The number of likely N-dealkylation sites (tertiary alicyclic amines) is 1. The predicted octanol–water partition coefficient (Wildman–Crippen LogP) is 3.06. The van der Waals surface area contributed by atoms with Crippen molar-refractivity contribution in [1.82, 2.24) is 4.90 Å². The maximum atomic E-state index is 13.3. The lowest BCUT2D eigenvalue weighted by atomic mass is 10.1. The van der Waals surface area contributed by atoms with Gasteiger partial charge in [0.1, 0.15) is 5.82 Å². The molecule has 0 radical (unpaired) electrons. The molecule has 1 saturated heterocycles. The molecule has 0 aliphatic carbocycles. The van der Waals surface area contributed by atoms with Crippen LogP contribution in [0.15, 0.2) is 18.2 Å². The third-order valence-electron chi connectivity index (χ3n) is 2.83. The number of benzene rings is 1. The van der Waals surface area contributed by atoms with Crippen molar-refractivity contribution in [3.8, 4) is 0 Å². The average molecular weight is 333 g/mol. The van der Waals surface area contributed by atoms with E-state index in [0.717, 1.165) is 25.9 Å². The Morgan fingerprint density at radius 1 is 1.25 bits per heavy atom. The number of rotatable bonds is 1. The van der Waals surface area contributed by atoms with E-state index in [9.17, 15) is 9.18 Å². The molecular formula is C12H13FINO. The lowest BCUT2D eigenvalue weighted by Gasteiger charge is -2.27. The molecule has 2 nitrogen and oxygen atoms in total. The second-order valence-electron chi connectivity index (χ2n) is 3.95. The maximum Gasteiger partial charge on any atom is 0.255 e. The van der Waals surface area contributed by atoms with Gasteiger partial charge in [-0.25, -0.2) is 4.39 Å². The highest BCUT2D eigenvalue weighted by Gasteiger charge is 2.21. The number of amides is 1. The summed E-state index contributed by atoms with van der Waals surface area (Å²) in [4.78, 5) is 13.9. The molecule has 0 unspecified atom stereocenters. The van der Waals surface area contributed by atoms with E-state index in [2.05, 4.69) is 0 Å². The van der Waals surface area contributed by atoms with Gasteiger partial charge in [-0.2, -0.15) is 0 Å². The minimum Gasteiger partial charge on any atom is -0.339 e. The Bertz CT molecular complexity index is 402. The lowest BCUT2D eigenvalue weighted by molar-refractivity contribution is 0.0722. The van der Waals surface area contributed by atoms with Crippen LogP contribution in [0.5, 0.6) is 0 Å². The van der Waals surface area contributed by atoms with Crippen LogP contribution in [-0.4, -0.2) is 23.9 Å². The first kappa shape index (κ1) is 11.8. The van der Waals surface area contributed by atoms with Crippen LogP contribution in [0.3, 0.4) is 0 Å². The van der Waals surface area contributed by atoms with Crippen molar-refractivity contribution in [1.29, 1.82) is 0 Å². The van der Waals surface area contributed by atoms with Crippen LogP contribution in [0.4, 0.5) is 4.39 Å². The normalized spacial score (nSPS) is 16.2. The van der Waals surface area contributed by atoms with E-state index in [-0.39, 0.29) is 11.7 Å². The van der Waals surface area contributed by atoms with Gasteiger partial charge in [0.15, 0.2) is 0 Å². The summed E-state index contributed by atoms with van der Waals surface area (Å²) in [6, 6.07) is 4.67. The molecule has 0 bridgehead atoms. The number of halogens is 2. The van der Waals surface area contributed by atoms with Gasteiger partial charge in [-0.3, -0.25) is 4.79 Å². The van der Waals surface area contributed by atoms with E-state index in [4.69, 9.17) is 0 Å². The van der Waals surface area contributed by atoms with Crippen molar-refractivity contribution >= 4 is 28.5 Å². The Kier molecular flexibility index (Phi) is 3.78. The van der Waals surface area contributed by atoms with Crippen LogP contribution >= 0.6 is 22.6 Å². The number of nitrogens with zero attached hydrogens (tertiary/aromatic N) is 1. The van der Waals surface area contributed by atoms with Crippen molar-refractivity contribution in [2.24, 2.45) is 0 Å². The highest BCUT2D eigenvalue weighted by molar-refractivity contribution is 14.1. The number of carbonyl (C=O) groups excluding carboxylic acids is 1. The smallest absolute Gasteiger partial charge is 0.255 e. The highest BCUT2D eigenvalue weighted by atomic mass is 127. The highest BCUT2D eigenvalue weighted by Crippen LogP contribution is 2.19. The lowest BCUT2D eigenvalue weighted by Crippen LogP contribution is -2.36. The van der Waals surface area contributed by atoms with Gasteiger partial charge in [0.05, 0.1) is 9.13 Å². The Balaban J connectivity index is 2.22. The van der Waals surface area contributed by atoms with Crippen molar-refractivity contribution in [2.75, 3.05) is 13.1 Å². The molecule has 1 aliphatic heterocycles. The summed E-state index contributed by atoms with van der Waals surface area (Å²) in [5, 5.41) is 0. The Hall–Kier alpha value is -0.650. The summed E-state index contributed by atoms with van der Waals surface area (Å²) < 4.78 is 13.8. The molecule has 16 heavy (non-hydrogen) atoms. The SMILES string of the molecule is O=C(c1cccc(F)c1I)N1CCCCC1. The van der Waals surface area contributed by atoms with Crippen LogP contribution in [0.1, 0.15) is 29.6 Å². The van der Waals surface area contributed by atoms with Crippen molar-refractivity contribution in [2.45, 2.75) is 19.3 Å². The third kappa shape index (κ3) is 2.36. The molecule has 2 rings (SSSR count). The molecule has 1 heterocycles. The Morgan fingerprint density at radius 3 is 2.62 bits per heavy atom. The Morgan fingerprint density at radius 2 is 1.94 bits per heavy atom. The molecule has 0 aromatic heterocycles. The molecule has 1 aromatic rings. The zero-order valence-electron chi connectivity index (χ0n) is 8.88. The molecule has 0 spiro atoms. The van der Waals surface area contributed by atoms with Crippen LogP contribution in [0.25, 0.3) is 0 Å². The zero-order valence-corrected chi connectivity index (χ0v) is 11.0. The number of hydrogen-bond donors (Lipinski definition) is 0. The molecule has 1 aromatic carbocycles. The molecular weight excluding hydrogens is 320 g/mol. The fourth-order valence-electron chi connectivity index (χ4n) is 1.94. The largest absolute Gasteiger partial charge is 0.339 e. The topological polar surface area (TPSA) is 20.3 Å². The van der Waals surface area contributed by atoms with E-state index in [1.54, 1.807) is 12.1 Å². The summed E-state index contributed by atoms with van der Waals surface area (Å²) in [6.07, 6.45) is 3.29. The van der Waals surface area contributed by atoms with Gasteiger partial charge in [0, 0.05) is 13.1 Å². The minimum atomic E-state index is -0.316. The maximum absolute atomic E-state index is 13.3. The summed E-state index contributed by atoms with van der Waals surface area (Å²) in [5.74, 6) is -0.355. The van der Waals surface area contributed by atoms with Crippen LogP contribution in [-0.2, 0) is 0 Å². The first-order valence-corrected chi connectivity index (χ1v) is 6.51. The van der Waals surface area contributed by atoms with Crippen LogP contribution in [0.2, 0.25) is 0 Å². The number of piperidine rings is 1. The summed E-state index contributed by atoms with van der Waals surface area (Å²) in [6.45, 7) is 1.59. The zero-order chi connectivity index (χ0) is 11.5. The van der Waals surface area contributed by atoms with Crippen LogP contribution in [0, 0.1) is 9.39 Å². The first-order valence-electron chi connectivity index (χ1n) is 5.43. The fraction of sp³-hybridized carbons (Fsp3) is 0.417. The van der Waals surface area contributed by atoms with Gasteiger partial charge in [0.25, 0.3) is 5.91 Å². The molecule has 4 heteroatoms. The predicted molar refractivity (Wildman–Crippen MR) is 68.9 cm³/mol. The van der Waals surface area contributed by atoms with Gasteiger partial charge in [0.2, 0.25) is 0 Å². The van der Waals surface area contributed by atoms with Crippen molar-refractivity contribution in [3.05, 3.63) is 33.1 Å². The van der Waals surface area contributed by atoms with Gasteiger partial charge < -0.3 is 4.90 Å². The fourth-order valence-corrected chi connectivity index (χ4v) is 2.53. The van der Waals surface area contributed by atoms with E-state index < -0.39 is 0 Å². The van der Waals surface area contributed by atoms with Gasteiger partial charge >= 0.3 is 0 Å². The minimum absolute atomic E-state index is 0.0383. The van der Waals surface area contributed by atoms with E-state index in [1.165, 1.54) is 12.5 Å². The van der Waals surface area contributed by atoms with Crippen molar-refractivity contribution < 1.29 is 9.18 Å². The molecule has 0 saturated carbocycles. The van der Waals surface area contributed by atoms with Gasteiger partial charge in [-0.15, -0.1) is 0 Å². The van der Waals surface area contributed by atoms with Gasteiger partial charge in [-0.05, 0) is 54.0 Å². The molecule has 86 valence electrons. The molecule has 0 atom stereocenters. The molecule has 1 amide bonds. The Labute approximate surface area is 108 Å². The first-order chi connectivity index (χ1) is 7.70. The van der Waals surface area contributed by atoms with E-state index >= 15 is 0 Å². The quantitative estimate of drug-likeness (QED) is 0.724. The second-order valence-corrected chi connectivity index (χ2v) is 5.03. The van der Waals surface area contributed by atoms with E-state index in [1.807, 2.05) is 27.5 Å². The molecule has 1 fully saturated rings.